The van der Waals surface area contributed by atoms with E-state index in [2.05, 4.69) is 41.9 Å². The molecule has 0 radical (unpaired) electrons. The fourth-order valence-electron chi connectivity index (χ4n) is 1.96. The van der Waals surface area contributed by atoms with Crippen LogP contribution in [0.1, 0.15) is 16.0 Å². The maximum absolute atomic E-state index is 10.5. The Morgan fingerprint density at radius 3 is 2.68 bits per heavy atom. The summed E-state index contributed by atoms with van der Waals surface area (Å²) in [6, 6.07) is 8.20. The summed E-state index contributed by atoms with van der Waals surface area (Å²) in [5, 5.41) is 8.63. The molecule has 0 fully saturated rings. The van der Waals surface area contributed by atoms with E-state index in [1.807, 2.05) is 12.1 Å². The topological polar surface area (TPSA) is 37.3 Å². The predicted octanol–water partition coefficient (Wildman–Crippen LogP) is 4.89. The first-order valence-electron chi connectivity index (χ1n) is 5.75. The first-order chi connectivity index (χ1) is 8.97. The second kappa shape index (κ2) is 5.72. The van der Waals surface area contributed by atoms with Gasteiger partial charge in [0.1, 0.15) is 0 Å². The van der Waals surface area contributed by atoms with Crippen LogP contribution in [0, 0.1) is 13.8 Å². The number of carbonyl (C=O) groups is 1. The highest BCUT2D eigenvalue weighted by molar-refractivity contribution is 9.10. The van der Waals surface area contributed by atoms with Crippen LogP contribution >= 0.6 is 27.3 Å². The summed E-state index contributed by atoms with van der Waals surface area (Å²) in [5.41, 5.74) is 3.60. The van der Waals surface area contributed by atoms with Crippen molar-refractivity contribution in [3.05, 3.63) is 50.8 Å². The molecule has 1 aromatic heterocycles. The molecule has 2 rings (SSSR count). The third-order valence-electron chi connectivity index (χ3n) is 2.70. The molecule has 2 aromatic rings. The third-order valence-corrected chi connectivity index (χ3v) is 4.39. The van der Waals surface area contributed by atoms with E-state index in [0.29, 0.717) is 0 Å². The van der Waals surface area contributed by atoms with Crippen LogP contribution in [0.5, 0.6) is 0 Å². The molecule has 2 nitrogen and oxygen atoms in total. The fourth-order valence-corrected chi connectivity index (χ4v) is 4.01. The van der Waals surface area contributed by atoms with Crippen molar-refractivity contribution in [3.8, 4) is 10.4 Å². The average molecular weight is 337 g/mol. The Morgan fingerprint density at radius 2 is 2.05 bits per heavy atom. The van der Waals surface area contributed by atoms with Crippen molar-refractivity contribution in [2.75, 3.05) is 0 Å². The second-order valence-electron chi connectivity index (χ2n) is 4.31. The smallest absolute Gasteiger partial charge is 0.328 e. The van der Waals surface area contributed by atoms with E-state index in [-0.39, 0.29) is 0 Å². The van der Waals surface area contributed by atoms with Crippen molar-refractivity contribution in [3.63, 3.8) is 0 Å². The Labute approximate surface area is 124 Å². The zero-order chi connectivity index (χ0) is 14.0. The first-order valence-corrected chi connectivity index (χ1v) is 7.36. The summed E-state index contributed by atoms with van der Waals surface area (Å²) in [7, 11) is 0. The van der Waals surface area contributed by atoms with E-state index in [1.165, 1.54) is 16.7 Å². The van der Waals surface area contributed by atoms with Crippen molar-refractivity contribution in [1.29, 1.82) is 0 Å². The number of thiophene rings is 1. The van der Waals surface area contributed by atoms with E-state index in [1.54, 1.807) is 17.4 Å². The van der Waals surface area contributed by atoms with E-state index < -0.39 is 5.97 Å². The quantitative estimate of drug-likeness (QED) is 0.810. The highest BCUT2D eigenvalue weighted by atomic mass is 79.9. The molecule has 0 spiro atoms. The maximum Gasteiger partial charge on any atom is 0.328 e. The van der Waals surface area contributed by atoms with Gasteiger partial charge in [-0.1, -0.05) is 22.0 Å². The normalized spacial score (nSPS) is 11.1. The number of halogens is 1. The summed E-state index contributed by atoms with van der Waals surface area (Å²) in [4.78, 5) is 12.6. The van der Waals surface area contributed by atoms with E-state index >= 15 is 0 Å². The van der Waals surface area contributed by atoms with Gasteiger partial charge in [-0.25, -0.2) is 4.79 Å². The summed E-state index contributed by atoms with van der Waals surface area (Å²) in [5.74, 6) is -0.928. The lowest BCUT2D eigenvalue weighted by Crippen LogP contribution is -1.85. The average Bonchev–Trinajstić information content (AvgIpc) is 2.73. The van der Waals surface area contributed by atoms with Crippen molar-refractivity contribution >= 4 is 39.3 Å². The van der Waals surface area contributed by atoms with E-state index in [0.717, 1.165) is 20.3 Å². The van der Waals surface area contributed by atoms with E-state index in [9.17, 15) is 4.79 Å². The van der Waals surface area contributed by atoms with Gasteiger partial charge in [-0.05, 0) is 49.2 Å². The molecule has 1 aromatic carbocycles. The van der Waals surface area contributed by atoms with Gasteiger partial charge in [0.15, 0.2) is 0 Å². The minimum absolute atomic E-state index is 0.928. The van der Waals surface area contributed by atoms with Gasteiger partial charge in [0.2, 0.25) is 0 Å². The predicted molar refractivity (Wildman–Crippen MR) is 83.6 cm³/mol. The molecule has 19 heavy (non-hydrogen) atoms. The lowest BCUT2D eigenvalue weighted by Gasteiger charge is -2.07. The Hall–Kier alpha value is -1.39. The van der Waals surface area contributed by atoms with Crippen LogP contribution in [0.3, 0.4) is 0 Å². The molecule has 4 heteroatoms. The van der Waals surface area contributed by atoms with Gasteiger partial charge < -0.3 is 5.11 Å². The molecule has 0 atom stereocenters. The number of hydrogen-bond donors (Lipinski definition) is 1. The van der Waals surface area contributed by atoms with Crippen LogP contribution in [-0.2, 0) is 4.79 Å². The molecule has 0 aliphatic heterocycles. The van der Waals surface area contributed by atoms with Gasteiger partial charge in [0.25, 0.3) is 0 Å². The first kappa shape index (κ1) is 14.0. The lowest BCUT2D eigenvalue weighted by atomic mass is 10.0. The Balaban J connectivity index is 2.41. The van der Waals surface area contributed by atoms with Crippen molar-refractivity contribution in [2.24, 2.45) is 0 Å². The number of carboxylic acids is 1. The zero-order valence-electron chi connectivity index (χ0n) is 10.6. The molecule has 0 bridgehead atoms. The minimum Gasteiger partial charge on any atom is -0.478 e. The summed E-state index contributed by atoms with van der Waals surface area (Å²) < 4.78 is 1.07. The standard InChI is InChI=1S/C15H13BrO2S/c1-9-7-10(2)15(12(16)8-9)13-5-3-11(19-13)4-6-14(17)18/h3-8H,1-2H3,(H,17,18)/b6-4+. The molecule has 0 saturated carbocycles. The summed E-state index contributed by atoms with van der Waals surface area (Å²) in [6.45, 7) is 4.15. The van der Waals surface area contributed by atoms with Crippen LogP contribution in [0.15, 0.2) is 34.8 Å². The molecular weight excluding hydrogens is 324 g/mol. The number of benzene rings is 1. The number of hydrogen-bond acceptors (Lipinski definition) is 2. The number of aryl methyl sites for hydroxylation is 2. The van der Waals surface area contributed by atoms with E-state index in [4.69, 9.17) is 5.11 Å². The van der Waals surface area contributed by atoms with Gasteiger partial charge in [0.05, 0.1) is 0 Å². The molecule has 0 aliphatic rings. The molecule has 0 amide bonds. The Morgan fingerprint density at radius 1 is 1.32 bits per heavy atom. The number of carboxylic acid groups (broad SMARTS) is 1. The van der Waals surface area contributed by atoms with Crippen molar-refractivity contribution in [2.45, 2.75) is 13.8 Å². The minimum atomic E-state index is -0.928. The molecule has 0 aliphatic carbocycles. The highest BCUT2D eigenvalue weighted by Gasteiger charge is 2.09. The number of rotatable bonds is 3. The monoisotopic (exact) mass is 336 g/mol. The molecule has 0 unspecified atom stereocenters. The van der Waals surface area contributed by atoms with Crippen LogP contribution < -0.4 is 0 Å². The number of aliphatic carboxylic acids is 1. The fraction of sp³-hybridized carbons (Fsp3) is 0.133. The highest BCUT2D eigenvalue weighted by Crippen LogP contribution is 2.37. The second-order valence-corrected chi connectivity index (χ2v) is 6.28. The Kier molecular flexibility index (Phi) is 4.22. The van der Waals surface area contributed by atoms with Crippen LogP contribution in [0.2, 0.25) is 0 Å². The van der Waals surface area contributed by atoms with Crippen molar-refractivity contribution in [1.82, 2.24) is 0 Å². The lowest BCUT2D eigenvalue weighted by molar-refractivity contribution is -0.131. The van der Waals surface area contributed by atoms with Crippen LogP contribution in [0.4, 0.5) is 0 Å². The molecule has 1 N–H and O–H groups in total. The SMILES string of the molecule is Cc1cc(C)c(-c2ccc(/C=C/C(=O)O)s2)c(Br)c1. The van der Waals surface area contributed by atoms with Crippen LogP contribution in [-0.4, -0.2) is 11.1 Å². The maximum atomic E-state index is 10.5. The van der Waals surface area contributed by atoms with Crippen molar-refractivity contribution < 1.29 is 9.90 Å². The molecular formula is C15H13BrO2S. The molecule has 98 valence electrons. The van der Waals surface area contributed by atoms with Gasteiger partial charge in [-0.2, -0.15) is 0 Å². The molecule has 1 heterocycles. The Bertz CT molecular complexity index is 633. The summed E-state index contributed by atoms with van der Waals surface area (Å²) in [6.07, 6.45) is 2.78. The third kappa shape index (κ3) is 3.33. The largest absolute Gasteiger partial charge is 0.478 e. The van der Waals surface area contributed by atoms with Gasteiger partial charge in [-0.3, -0.25) is 0 Å². The molecule has 0 saturated heterocycles. The van der Waals surface area contributed by atoms with Crippen LogP contribution in [0.25, 0.3) is 16.5 Å². The zero-order valence-corrected chi connectivity index (χ0v) is 13.0. The van der Waals surface area contributed by atoms with Gasteiger partial charge >= 0.3 is 5.97 Å². The summed E-state index contributed by atoms with van der Waals surface area (Å²) >= 11 is 5.18. The van der Waals surface area contributed by atoms with Gasteiger partial charge in [0, 0.05) is 25.9 Å². The van der Waals surface area contributed by atoms with Gasteiger partial charge in [-0.15, -0.1) is 11.3 Å².